The van der Waals surface area contributed by atoms with Crippen molar-refractivity contribution in [1.82, 2.24) is 10.2 Å². The highest BCUT2D eigenvalue weighted by atomic mass is 32.2. The molecule has 182 valence electrons. The number of carbonyl (C=O) groups is 2. The number of hydrogen-bond donors (Lipinski definition) is 1. The van der Waals surface area contributed by atoms with E-state index in [-0.39, 0.29) is 23.9 Å². The van der Waals surface area contributed by atoms with E-state index in [1.54, 1.807) is 54.6 Å². The van der Waals surface area contributed by atoms with Gasteiger partial charge in [-0.25, -0.2) is 8.42 Å². The first kappa shape index (κ1) is 24.5. The number of likely N-dealkylation sites (tertiary alicyclic amines) is 1. The van der Waals surface area contributed by atoms with Crippen LogP contribution in [0, 0.1) is 6.92 Å². The maximum atomic E-state index is 13.4. The molecular formula is C27H29N3O4S. The number of sulfonamides is 1. The van der Waals surface area contributed by atoms with Gasteiger partial charge in [0.05, 0.1) is 10.6 Å². The highest BCUT2D eigenvalue weighted by Crippen LogP contribution is 2.23. The Morgan fingerprint density at radius 1 is 0.971 bits per heavy atom. The number of rotatable bonds is 9. The molecule has 0 saturated carbocycles. The third-order valence-electron chi connectivity index (χ3n) is 5.97. The maximum Gasteiger partial charge on any atom is 0.264 e. The molecule has 3 aromatic rings. The molecule has 0 aliphatic carbocycles. The van der Waals surface area contributed by atoms with Gasteiger partial charge in [0, 0.05) is 26.1 Å². The molecule has 1 N–H and O–H groups in total. The van der Waals surface area contributed by atoms with E-state index < -0.39 is 15.9 Å². The van der Waals surface area contributed by atoms with Crippen molar-refractivity contribution in [1.29, 1.82) is 0 Å². The second kappa shape index (κ2) is 10.7. The molecule has 1 aliphatic heterocycles. The molecule has 0 spiro atoms. The molecule has 8 heteroatoms. The fourth-order valence-electron chi connectivity index (χ4n) is 4.06. The van der Waals surface area contributed by atoms with Gasteiger partial charge in [-0.2, -0.15) is 0 Å². The van der Waals surface area contributed by atoms with Crippen molar-refractivity contribution >= 4 is 27.5 Å². The van der Waals surface area contributed by atoms with Crippen molar-refractivity contribution in [2.75, 3.05) is 17.4 Å². The smallest absolute Gasteiger partial charge is 0.264 e. The van der Waals surface area contributed by atoms with Gasteiger partial charge in [0.1, 0.15) is 6.54 Å². The fourth-order valence-corrected chi connectivity index (χ4v) is 5.48. The lowest BCUT2D eigenvalue weighted by molar-refractivity contribution is -0.128. The van der Waals surface area contributed by atoms with E-state index in [9.17, 15) is 18.0 Å². The quantitative estimate of drug-likeness (QED) is 0.495. The molecule has 1 fully saturated rings. The minimum atomic E-state index is -3.94. The number of nitrogens with zero attached hydrogens (tertiary/aromatic N) is 2. The second-order valence-electron chi connectivity index (χ2n) is 8.68. The monoisotopic (exact) mass is 491 g/mol. The summed E-state index contributed by atoms with van der Waals surface area (Å²) in [7, 11) is -3.94. The standard InChI is InChI=1S/C27H29N3O4S/c1-21-12-14-25(15-13-21)35(33,34)30(24-9-3-2-4-10-24)20-26(31)28-18-22-7-5-8-23(17-22)19-29-16-6-11-27(29)32/h2-5,7-10,12-15,17H,6,11,16,18-20H2,1H3,(H,28,31). The highest BCUT2D eigenvalue weighted by Gasteiger charge is 2.27. The summed E-state index contributed by atoms with van der Waals surface area (Å²) in [5.74, 6) is -0.246. The Balaban J connectivity index is 1.46. The lowest BCUT2D eigenvalue weighted by Crippen LogP contribution is -2.40. The summed E-state index contributed by atoms with van der Waals surface area (Å²) in [5, 5.41) is 2.84. The van der Waals surface area contributed by atoms with E-state index in [0.717, 1.165) is 34.0 Å². The summed E-state index contributed by atoms with van der Waals surface area (Å²) in [6.45, 7) is 3.12. The second-order valence-corrected chi connectivity index (χ2v) is 10.5. The van der Waals surface area contributed by atoms with Crippen molar-refractivity contribution < 1.29 is 18.0 Å². The Morgan fingerprint density at radius 2 is 1.69 bits per heavy atom. The van der Waals surface area contributed by atoms with Crippen molar-refractivity contribution in [3.05, 3.63) is 95.6 Å². The summed E-state index contributed by atoms with van der Waals surface area (Å²) in [5.41, 5.74) is 3.25. The van der Waals surface area contributed by atoms with Crippen LogP contribution >= 0.6 is 0 Å². The van der Waals surface area contributed by atoms with Gasteiger partial charge in [-0.1, -0.05) is 60.2 Å². The van der Waals surface area contributed by atoms with Gasteiger partial charge in [0.15, 0.2) is 0 Å². The highest BCUT2D eigenvalue weighted by molar-refractivity contribution is 7.92. The lowest BCUT2D eigenvalue weighted by atomic mass is 10.1. The Bertz CT molecular complexity index is 1290. The summed E-state index contributed by atoms with van der Waals surface area (Å²) in [4.78, 5) is 26.7. The summed E-state index contributed by atoms with van der Waals surface area (Å²) >= 11 is 0. The average Bonchev–Trinajstić information content (AvgIpc) is 3.26. The topological polar surface area (TPSA) is 86.8 Å². The van der Waals surface area contributed by atoms with Gasteiger partial charge in [0.25, 0.3) is 10.0 Å². The Morgan fingerprint density at radius 3 is 2.37 bits per heavy atom. The van der Waals surface area contributed by atoms with Crippen LogP contribution in [0.4, 0.5) is 5.69 Å². The first-order valence-corrected chi connectivity index (χ1v) is 13.0. The van der Waals surface area contributed by atoms with Crippen molar-refractivity contribution in [3.8, 4) is 0 Å². The molecule has 1 aliphatic rings. The predicted octanol–water partition coefficient (Wildman–Crippen LogP) is 3.63. The van der Waals surface area contributed by atoms with Crippen molar-refractivity contribution in [2.24, 2.45) is 0 Å². The van der Waals surface area contributed by atoms with Crippen LogP contribution < -0.4 is 9.62 Å². The van der Waals surface area contributed by atoms with E-state index >= 15 is 0 Å². The molecule has 1 heterocycles. The number of amides is 2. The molecule has 0 atom stereocenters. The summed E-state index contributed by atoms with van der Waals surface area (Å²) in [6.07, 6.45) is 1.48. The molecule has 7 nitrogen and oxygen atoms in total. The normalized spacial score (nSPS) is 13.6. The average molecular weight is 492 g/mol. The number of nitrogens with one attached hydrogen (secondary N) is 1. The van der Waals surface area contributed by atoms with Crippen LogP contribution in [0.3, 0.4) is 0 Å². The van der Waals surface area contributed by atoms with Crippen LogP contribution in [0.2, 0.25) is 0 Å². The van der Waals surface area contributed by atoms with Crippen LogP contribution in [-0.2, 0) is 32.7 Å². The Kier molecular flexibility index (Phi) is 7.51. The molecular weight excluding hydrogens is 462 g/mol. The first-order chi connectivity index (χ1) is 16.8. The SMILES string of the molecule is Cc1ccc(S(=O)(=O)N(CC(=O)NCc2cccc(CN3CCCC3=O)c2)c2ccccc2)cc1. The van der Waals surface area contributed by atoms with Gasteiger partial charge >= 0.3 is 0 Å². The van der Waals surface area contributed by atoms with Crippen LogP contribution in [0.15, 0.2) is 83.8 Å². The van der Waals surface area contributed by atoms with Gasteiger partial charge in [-0.3, -0.25) is 13.9 Å². The minimum absolute atomic E-state index is 0.129. The predicted molar refractivity (Wildman–Crippen MR) is 135 cm³/mol. The van der Waals surface area contributed by atoms with Crippen molar-refractivity contribution in [2.45, 2.75) is 37.8 Å². The van der Waals surface area contributed by atoms with Crippen LogP contribution in [0.25, 0.3) is 0 Å². The number of para-hydroxylation sites is 1. The number of hydrogen-bond acceptors (Lipinski definition) is 4. The van der Waals surface area contributed by atoms with E-state index in [2.05, 4.69) is 5.32 Å². The number of carbonyl (C=O) groups excluding carboxylic acids is 2. The van der Waals surface area contributed by atoms with E-state index in [0.29, 0.717) is 18.7 Å². The van der Waals surface area contributed by atoms with Crippen molar-refractivity contribution in [3.63, 3.8) is 0 Å². The van der Waals surface area contributed by atoms with Gasteiger partial charge in [-0.05, 0) is 48.7 Å². The van der Waals surface area contributed by atoms with E-state index in [1.165, 1.54) is 0 Å². The maximum absolute atomic E-state index is 13.4. The van der Waals surface area contributed by atoms with Gasteiger partial charge < -0.3 is 10.2 Å². The van der Waals surface area contributed by atoms with Gasteiger partial charge in [0.2, 0.25) is 11.8 Å². The Labute approximate surface area is 206 Å². The van der Waals surface area contributed by atoms with Gasteiger partial charge in [-0.15, -0.1) is 0 Å². The molecule has 0 unspecified atom stereocenters. The zero-order valence-corrected chi connectivity index (χ0v) is 20.5. The fraction of sp³-hybridized carbons (Fsp3) is 0.259. The molecule has 0 aromatic heterocycles. The van der Waals surface area contributed by atoms with Crippen LogP contribution in [-0.4, -0.2) is 38.2 Å². The van der Waals surface area contributed by atoms with E-state index in [1.807, 2.05) is 36.1 Å². The minimum Gasteiger partial charge on any atom is -0.350 e. The summed E-state index contributed by atoms with van der Waals surface area (Å²) in [6, 6.07) is 22.9. The lowest BCUT2D eigenvalue weighted by Gasteiger charge is -2.24. The van der Waals surface area contributed by atoms with Crippen LogP contribution in [0.5, 0.6) is 0 Å². The third kappa shape index (κ3) is 6.08. The molecule has 4 rings (SSSR count). The zero-order chi connectivity index (χ0) is 24.8. The molecule has 0 bridgehead atoms. The number of aryl methyl sites for hydroxylation is 1. The largest absolute Gasteiger partial charge is 0.350 e. The molecule has 3 aromatic carbocycles. The third-order valence-corrected chi connectivity index (χ3v) is 7.75. The molecule has 35 heavy (non-hydrogen) atoms. The Hall–Kier alpha value is -3.65. The molecule has 0 radical (unpaired) electrons. The first-order valence-electron chi connectivity index (χ1n) is 11.6. The summed E-state index contributed by atoms with van der Waals surface area (Å²) < 4.78 is 27.9. The number of anilines is 1. The molecule has 1 saturated heterocycles. The van der Waals surface area contributed by atoms with E-state index in [4.69, 9.17) is 0 Å². The zero-order valence-electron chi connectivity index (χ0n) is 19.7. The van der Waals surface area contributed by atoms with Crippen LogP contribution in [0.1, 0.15) is 29.5 Å². The number of benzene rings is 3. The molecule has 2 amide bonds.